The van der Waals surface area contributed by atoms with Crippen LogP contribution in [0.15, 0.2) is 71.8 Å². The number of hydrogen-bond donors (Lipinski definition) is 1. The lowest BCUT2D eigenvalue weighted by Crippen LogP contribution is -2.16. The van der Waals surface area contributed by atoms with Gasteiger partial charge in [-0.25, -0.2) is 17.2 Å². The SMILES string of the molecule is CC(=O)c1cn(S(=O)(=O)c2ccc(OCC(=O)O)c(C)c2)c2ccc(-c3ccc(OC(F)(F)F)cc3)cc12. The number of aliphatic carboxylic acids is 1. The van der Waals surface area contributed by atoms with Gasteiger partial charge in [0.15, 0.2) is 12.4 Å². The number of aromatic nitrogens is 1. The fourth-order valence-electron chi connectivity index (χ4n) is 3.91. The van der Waals surface area contributed by atoms with Gasteiger partial charge in [0.2, 0.25) is 0 Å². The molecule has 8 nitrogen and oxygen atoms in total. The van der Waals surface area contributed by atoms with Crippen LogP contribution in [-0.2, 0) is 14.8 Å². The monoisotopic (exact) mass is 547 g/mol. The number of carboxylic acids is 1. The molecule has 0 saturated carbocycles. The van der Waals surface area contributed by atoms with Crippen molar-refractivity contribution >= 4 is 32.7 Å². The molecule has 4 aromatic rings. The van der Waals surface area contributed by atoms with Gasteiger partial charge in [0.1, 0.15) is 11.5 Å². The molecule has 1 heterocycles. The van der Waals surface area contributed by atoms with Gasteiger partial charge in [-0.2, -0.15) is 0 Å². The number of carboxylic acid groups (broad SMARTS) is 1. The smallest absolute Gasteiger partial charge is 0.482 e. The molecular formula is C26H20F3NO7S. The molecule has 0 fully saturated rings. The highest BCUT2D eigenvalue weighted by Crippen LogP contribution is 2.33. The van der Waals surface area contributed by atoms with E-state index in [4.69, 9.17) is 9.84 Å². The van der Waals surface area contributed by atoms with Crippen LogP contribution in [0.5, 0.6) is 11.5 Å². The second-order valence-corrected chi connectivity index (χ2v) is 10.1. The van der Waals surface area contributed by atoms with E-state index in [1.807, 2.05) is 0 Å². The highest BCUT2D eigenvalue weighted by molar-refractivity contribution is 7.90. The molecule has 0 amide bonds. The molecular weight excluding hydrogens is 527 g/mol. The summed E-state index contributed by atoms with van der Waals surface area (Å²) in [5.41, 5.74) is 1.83. The maximum atomic E-state index is 13.5. The number of halogens is 3. The van der Waals surface area contributed by atoms with Crippen molar-refractivity contribution in [1.82, 2.24) is 3.97 Å². The third kappa shape index (κ3) is 5.49. The number of alkyl halides is 3. The number of benzene rings is 3. The minimum Gasteiger partial charge on any atom is -0.482 e. The van der Waals surface area contributed by atoms with Crippen molar-refractivity contribution in [2.75, 3.05) is 6.61 Å². The summed E-state index contributed by atoms with van der Waals surface area (Å²) < 4.78 is 74.4. The van der Waals surface area contributed by atoms with Crippen LogP contribution in [0.2, 0.25) is 0 Å². The first kappa shape index (κ1) is 26.7. The number of hydrogen-bond acceptors (Lipinski definition) is 6. The summed E-state index contributed by atoms with van der Waals surface area (Å²) in [6.45, 7) is 2.28. The first-order valence-electron chi connectivity index (χ1n) is 11.0. The predicted octanol–water partition coefficient (Wildman–Crippen LogP) is 5.42. The standard InChI is InChI=1S/C26H20F3NO7S/c1-15-11-20(8-10-24(15)36-14-25(32)33)38(34,35)30-13-22(16(2)31)21-12-18(5-9-23(21)30)17-3-6-19(7-4-17)37-26(27,28)29/h3-13H,14H2,1-2H3,(H,32,33). The van der Waals surface area contributed by atoms with Crippen LogP contribution in [0, 0.1) is 6.92 Å². The molecule has 1 aromatic heterocycles. The van der Waals surface area contributed by atoms with E-state index in [0.717, 1.165) is 16.1 Å². The van der Waals surface area contributed by atoms with E-state index in [2.05, 4.69) is 4.74 Å². The highest BCUT2D eigenvalue weighted by atomic mass is 32.2. The lowest BCUT2D eigenvalue weighted by Gasteiger charge is -2.12. The Morgan fingerprint density at radius 3 is 2.21 bits per heavy atom. The molecule has 1 N–H and O–H groups in total. The highest BCUT2D eigenvalue weighted by Gasteiger charge is 2.31. The van der Waals surface area contributed by atoms with Crippen molar-refractivity contribution in [3.05, 3.63) is 78.0 Å². The largest absolute Gasteiger partial charge is 0.573 e. The molecule has 0 aliphatic heterocycles. The fraction of sp³-hybridized carbons (Fsp3) is 0.154. The summed E-state index contributed by atoms with van der Waals surface area (Å²) >= 11 is 0. The number of fused-ring (bicyclic) bond motifs is 1. The molecule has 0 saturated heterocycles. The lowest BCUT2D eigenvalue weighted by atomic mass is 10.0. The Morgan fingerprint density at radius 2 is 1.63 bits per heavy atom. The van der Waals surface area contributed by atoms with Gasteiger partial charge in [-0.05, 0) is 73.0 Å². The molecule has 0 radical (unpaired) electrons. The Balaban J connectivity index is 1.75. The molecule has 38 heavy (non-hydrogen) atoms. The summed E-state index contributed by atoms with van der Waals surface area (Å²) in [5, 5.41) is 9.13. The van der Waals surface area contributed by atoms with Crippen LogP contribution in [0.1, 0.15) is 22.8 Å². The van der Waals surface area contributed by atoms with E-state index in [9.17, 15) is 31.2 Å². The van der Waals surface area contributed by atoms with Crippen molar-refractivity contribution in [3.8, 4) is 22.6 Å². The Morgan fingerprint density at radius 1 is 0.974 bits per heavy atom. The summed E-state index contributed by atoms with van der Waals surface area (Å²) in [6, 6.07) is 13.8. The van der Waals surface area contributed by atoms with Crippen LogP contribution in [0.3, 0.4) is 0 Å². The summed E-state index contributed by atoms with van der Waals surface area (Å²) in [7, 11) is -4.18. The molecule has 0 bridgehead atoms. The van der Waals surface area contributed by atoms with E-state index < -0.39 is 34.7 Å². The van der Waals surface area contributed by atoms with Crippen molar-refractivity contribution in [3.63, 3.8) is 0 Å². The van der Waals surface area contributed by atoms with Gasteiger partial charge in [-0.1, -0.05) is 18.2 Å². The molecule has 0 aliphatic carbocycles. The average Bonchev–Trinajstić information content (AvgIpc) is 3.22. The van der Waals surface area contributed by atoms with Crippen LogP contribution < -0.4 is 9.47 Å². The number of carbonyl (C=O) groups is 2. The van der Waals surface area contributed by atoms with E-state index in [1.165, 1.54) is 49.5 Å². The van der Waals surface area contributed by atoms with Gasteiger partial charge in [0, 0.05) is 17.1 Å². The molecule has 0 unspecified atom stereocenters. The van der Waals surface area contributed by atoms with Gasteiger partial charge in [0.25, 0.3) is 10.0 Å². The van der Waals surface area contributed by atoms with E-state index in [1.54, 1.807) is 19.1 Å². The van der Waals surface area contributed by atoms with E-state index in [0.29, 0.717) is 22.1 Å². The third-order valence-electron chi connectivity index (χ3n) is 5.63. The quantitative estimate of drug-likeness (QED) is 0.293. The first-order valence-corrected chi connectivity index (χ1v) is 12.4. The van der Waals surface area contributed by atoms with Crippen molar-refractivity contribution in [1.29, 1.82) is 0 Å². The Kier molecular flexibility index (Phi) is 6.94. The van der Waals surface area contributed by atoms with Gasteiger partial charge in [-0.15, -0.1) is 13.2 Å². The zero-order chi connectivity index (χ0) is 27.8. The Bertz CT molecular complexity index is 1660. The molecule has 12 heteroatoms. The van der Waals surface area contributed by atoms with Crippen molar-refractivity contribution < 1.29 is 45.8 Å². The Hall–Kier alpha value is -4.32. The zero-order valence-electron chi connectivity index (χ0n) is 19.9. The van der Waals surface area contributed by atoms with Crippen molar-refractivity contribution in [2.45, 2.75) is 25.1 Å². The second-order valence-electron chi connectivity index (χ2n) is 8.31. The molecule has 0 spiro atoms. The number of rotatable bonds is 8. The van der Waals surface area contributed by atoms with E-state index in [-0.39, 0.29) is 27.5 Å². The van der Waals surface area contributed by atoms with E-state index >= 15 is 0 Å². The fourth-order valence-corrected chi connectivity index (χ4v) is 5.36. The predicted molar refractivity (Wildman–Crippen MR) is 131 cm³/mol. The molecule has 198 valence electrons. The number of carbonyl (C=O) groups excluding carboxylic acids is 1. The van der Waals surface area contributed by atoms with Gasteiger partial charge < -0.3 is 14.6 Å². The van der Waals surface area contributed by atoms with Crippen LogP contribution in [0.4, 0.5) is 13.2 Å². The van der Waals surface area contributed by atoms with Gasteiger partial charge in [-0.3, -0.25) is 4.79 Å². The normalized spacial score (nSPS) is 11.9. The number of aryl methyl sites for hydroxylation is 1. The summed E-state index contributed by atoms with van der Waals surface area (Å²) in [5.74, 6) is -1.74. The number of nitrogens with zero attached hydrogens (tertiary/aromatic N) is 1. The second kappa shape index (κ2) is 9.86. The maximum Gasteiger partial charge on any atom is 0.573 e. The minimum absolute atomic E-state index is 0.103. The number of ether oxygens (including phenoxy) is 2. The molecule has 0 aliphatic rings. The summed E-state index contributed by atoms with van der Waals surface area (Å²) in [6.07, 6.45) is -3.61. The van der Waals surface area contributed by atoms with Crippen molar-refractivity contribution in [2.24, 2.45) is 0 Å². The zero-order valence-corrected chi connectivity index (χ0v) is 20.8. The van der Waals surface area contributed by atoms with Crippen LogP contribution in [-0.4, -0.2) is 42.2 Å². The topological polar surface area (TPSA) is 112 Å². The Labute approximate surface area is 214 Å². The van der Waals surface area contributed by atoms with Gasteiger partial charge >= 0.3 is 12.3 Å². The molecule has 0 atom stereocenters. The van der Waals surface area contributed by atoms with Crippen LogP contribution in [0.25, 0.3) is 22.0 Å². The number of ketones is 1. The minimum atomic E-state index is -4.82. The summed E-state index contributed by atoms with van der Waals surface area (Å²) in [4.78, 5) is 23.0. The number of Topliss-reactive ketones (excluding diaryl/α,β-unsaturated/α-hetero) is 1. The maximum absolute atomic E-state index is 13.5. The molecule has 3 aromatic carbocycles. The lowest BCUT2D eigenvalue weighted by molar-refractivity contribution is -0.274. The molecule has 4 rings (SSSR count). The third-order valence-corrected chi connectivity index (χ3v) is 7.30. The first-order chi connectivity index (χ1) is 17.8. The van der Waals surface area contributed by atoms with Crippen LogP contribution >= 0.6 is 0 Å². The average molecular weight is 548 g/mol. The van der Waals surface area contributed by atoms with Gasteiger partial charge in [0.05, 0.1) is 10.4 Å².